The third-order valence-electron chi connectivity index (χ3n) is 3.56. The van der Waals surface area contributed by atoms with Crippen LogP contribution in [0.1, 0.15) is 23.2 Å². The van der Waals surface area contributed by atoms with Crippen molar-refractivity contribution in [2.75, 3.05) is 17.3 Å². The van der Waals surface area contributed by atoms with E-state index in [0.29, 0.717) is 17.8 Å². The summed E-state index contributed by atoms with van der Waals surface area (Å²) < 4.78 is 0. The topological polar surface area (TPSA) is 40.6 Å². The monoisotopic (exact) mass is 264 g/mol. The van der Waals surface area contributed by atoms with E-state index in [4.69, 9.17) is 11.6 Å². The van der Waals surface area contributed by atoms with Gasteiger partial charge in [-0.05, 0) is 25.0 Å². The van der Waals surface area contributed by atoms with Gasteiger partial charge >= 0.3 is 0 Å². The molecular weight excluding hydrogens is 252 g/mol. The minimum Gasteiger partial charge on any atom is -0.318 e. The Morgan fingerprint density at radius 1 is 1.39 bits per heavy atom. The van der Waals surface area contributed by atoms with Crippen molar-refractivity contribution in [1.82, 2.24) is 4.90 Å². The molecule has 2 aliphatic rings. The molecule has 1 aromatic carbocycles. The second-order valence-electron chi connectivity index (χ2n) is 4.54. The van der Waals surface area contributed by atoms with Crippen LogP contribution in [0.5, 0.6) is 0 Å². The third-order valence-corrected chi connectivity index (χ3v) is 3.79. The van der Waals surface area contributed by atoms with E-state index in [-0.39, 0.29) is 23.9 Å². The lowest BCUT2D eigenvalue weighted by atomic mass is 10.1. The number of hydrogen-bond acceptors (Lipinski definition) is 2. The first-order valence-electron chi connectivity index (χ1n) is 6.02. The molecular formula is C13H13ClN2O2. The molecule has 1 fully saturated rings. The quantitative estimate of drug-likeness (QED) is 0.726. The average molecular weight is 265 g/mol. The van der Waals surface area contributed by atoms with Gasteiger partial charge in [0.2, 0.25) is 5.91 Å². The molecule has 5 heteroatoms. The molecule has 0 N–H and O–H groups in total. The highest BCUT2D eigenvalue weighted by molar-refractivity contribution is 6.30. The van der Waals surface area contributed by atoms with Gasteiger partial charge in [-0.2, -0.15) is 0 Å². The molecule has 1 unspecified atom stereocenters. The normalized spacial score (nSPS) is 21.8. The van der Waals surface area contributed by atoms with Crippen molar-refractivity contribution in [1.29, 1.82) is 0 Å². The van der Waals surface area contributed by atoms with Crippen LogP contribution in [0.2, 0.25) is 0 Å². The van der Waals surface area contributed by atoms with Crippen molar-refractivity contribution in [3.63, 3.8) is 0 Å². The van der Waals surface area contributed by atoms with Gasteiger partial charge in [0, 0.05) is 6.54 Å². The largest absolute Gasteiger partial charge is 0.318 e. The fourth-order valence-electron chi connectivity index (χ4n) is 2.80. The van der Waals surface area contributed by atoms with E-state index in [1.54, 1.807) is 15.9 Å². The second kappa shape index (κ2) is 4.28. The number of fused-ring (bicyclic) bond motifs is 2. The summed E-state index contributed by atoms with van der Waals surface area (Å²) in [5.74, 6) is -0.187. The van der Waals surface area contributed by atoms with Gasteiger partial charge in [0.1, 0.15) is 12.0 Å². The highest BCUT2D eigenvalue weighted by Gasteiger charge is 2.42. The summed E-state index contributed by atoms with van der Waals surface area (Å²) in [4.78, 5) is 27.8. The van der Waals surface area contributed by atoms with E-state index in [0.717, 1.165) is 12.8 Å². The molecule has 4 nitrogen and oxygen atoms in total. The lowest BCUT2D eigenvalue weighted by Gasteiger charge is -2.40. The predicted octanol–water partition coefficient (Wildman–Crippen LogP) is 1.83. The van der Waals surface area contributed by atoms with Crippen LogP contribution in [0.15, 0.2) is 24.3 Å². The number of hydrogen-bond donors (Lipinski definition) is 0. The number of halogens is 1. The SMILES string of the molecule is O=C1c2ccccc2N(C(=O)CCl)C2CCCN12. The fraction of sp³-hybridized carbons (Fsp3) is 0.385. The molecule has 18 heavy (non-hydrogen) atoms. The summed E-state index contributed by atoms with van der Waals surface area (Å²) in [6.45, 7) is 0.712. The number of alkyl halides is 1. The van der Waals surface area contributed by atoms with Crippen LogP contribution in [0.3, 0.4) is 0 Å². The standard InChI is InChI=1S/C13H13ClN2O2/c14-8-12(17)16-10-5-2-1-4-9(10)13(18)15-7-3-6-11(15)16/h1-2,4-5,11H,3,6-8H2. The van der Waals surface area contributed by atoms with Crippen molar-refractivity contribution >= 4 is 29.1 Å². The van der Waals surface area contributed by atoms with Crippen molar-refractivity contribution in [3.8, 4) is 0 Å². The molecule has 0 radical (unpaired) electrons. The maximum Gasteiger partial charge on any atom is 0.257 e. The van der Waals surface area contributed by atoms with Crippen LogP contribution >= 0.6 is 11.6 Å². The van der Waals surface area contributed by atoms with Crippen molar-refractivity contribution in [2.24, 2.45) is 0 Å². The average Bonchev–Trinajstić information content (AvgIpc) is 2.88. The molecule has 2 amide bonds. The summed E-state index contributed by atoms with van der Waals surface area (Å²) in [5.41, 5.74) is 1.28. The Hall–Kier alpha value is -1.55. The van der Waals surface area contributed by atoms with Gasteiger partial charge < -0.3 is 4.90 Å². The number of amides is 2. The van der Waals surface area contributed by atoms with Crippen LogP contribution in [-0.4, -0.2) is 35.3 Å². The third kappa shape index (κ3) is 1.52. The van der Waals surface area contributed by atoms with E-state index in [2.05, 4.69) is 0 Å². The van der Waals surface area contributed by atoms with Gasteiger partial charge in [-0.3, -0.25) is 14.5 Å². The molecule has 0 saturated carbocycles. The first kappa shape index (κ1) is 11.5. The molecule has 1 aromatic rings. The highest BCUT2D eigenvalue weighted by atomic mass is 35.5. The molecule has 1 atom stereocenters. The minimum atomic E-state index is -0.154. The Morgan fingerprint density at radius 2 is 2.17 bits per heavy atom. The highest BCUT2D eigenvalue weighted by Crippen LogP contribution is 2.35. The molecule has 0 bridgehead atoms. The summed E-state index contributed by atoms with van der Waals surface area (Å²) in [7, 11) is 0. The lowest BCUT2D eigenvalue weighted by Crippen LogP contribution is -2.54. The zero-order valence-corrected chi connectivity index (χ0v) is 10.6. The fourth-order valence-corrected chi connectivity index (χ4v) is 2.93. The summed E-state index contributed by atoms with van der Waals surface area (Å²) in [6, 6.07) is 7.23. The van der Waals surface area contributed by atoms with E-state index < -0.39 is 0 Å². The maximum absolute atomic E-state index is 12.3. The van der Waals surface area contributed by atoms with Gasteiger partial charge in [-0.15, -0.1) is 11.6 Å². The van der Waals surface area contributed by atoms with E-state index in [9.17, 15) is 9.59 Å². The second-order valence-corrected chi connectivity index (χ2v) is 4.80. The van der Waals surface area contributed by atoms with Gasteiger partial charge in [-0.1, -0.05) is 12.1 Å². The molecule has 0 aliphatic carbocycles. The van der Waals surface area contributed by atoms with Crippen LogP contribution in [-0.2, 0) is 4.79 Å². The van der Waals surface area contributed by atoms with Crippen molar-refractivity contribution in [3.05, 3.63) is 29.8 Å². The Morgan fingerprint density at radius 3 is 2.94 bits per heavy atom. The van der Waals surface area contributed by atoms with E-state index in [1.165, 1.54) is 0 Å². The maximum atomic E-state index is 12.3. The summed E-state index contributed by atoms with van der Waals surface area (Å²) >= 11 is 5.68. The minimum absolute atomic E-state index is 0.0201. The Labute approximate surface area is 110 Å². The zero-order valence-electron chi connectivity index (χ0n) is 9.80. The molecule has 2 aliphatic heterocycles. The number of anilines is 1. The van der Waals surface area contributed by atoms with Crippen LogP contribution in [0.25, 0.3) is 0 Å². The number of benzene rings is 1. The Bertz CT molecular complexity index is 517. The number of carbonyl (C=O) groups excluding carboxylic acids is 2. The van der Waals surface area contributed by atoms with Gasteiger partial charge in [0.25, 0.3) is 5.91 Å². The molecule has 94 valence electrons. The van der Waals surface area contributed by atoms with Gasteiger partial charge in [0.15, 0.2) is 0 Å². The number of carbonyl (C=O) groups is 2. The van der Waals surface area contributed by atoms with Crippen LogP contribution in [0, 0.1) is 0 Å². The summed E-state index contributed by atoms with van der Waals surface area (Å²) in [6.07, 6.45) is 1.60. The van der Waals surface area contributed by atoms with Crippen LogP contribution in [0.4, 0.5) is 5.69 Å². The summed E-state index contributed by atoms with van der Waals surface area (Å²) in [5, 5.41) is 0. The smallest absolute Gasteiger partial charge is 0.257 e. The lowest BCUT2D eigenvalue weighted by molar-refractivity contribution is -0.117. The van der Waals surface area contributed by atoms with Crippen molar-refractivity contribution < 1.29 is 9.59 Å². The molecule has 3 rings (SSSR count). The van der Waals surface area contributed by atoms with E-state index in [1.807, 2.05) is 18.2 Å². The first-order valence-corrected chi connectivity index (χ1v) is 6.55. The number of rotatable bonds is 1. The Balaban J connectivity index is 2.14. The van der Waals surface area contributed by atoms with Crippen molar-refractivity contribution in [2.45, 2.75) is 19.0 Å². The van der Waals surface area contributed by atoms with Gasteiger partial charge in [0.05, 0.1) is 11.3 Å². The molecule has 0 spiro atoms. The molecule has 2 heterocycles. The zero-order chi connectivity index (χ0) is 12.7. The Kier molecular flexibility index (Phi) is 2.74. The first-order chi connectivity index (χ1) is 8.74. The predicted molar refractivity (Wildman–Crippen MR) is 68.7 cm³/mol. The van der Waals surface area contributed by atoms with Crippen LogP contribution < -0.4 is 4.90 Å². The molecule has 0 aromatic heterocycles. The van der Waals surface area contributed by atoms with Gasteiger partial charge in [-0.25, -0.2) is 0 Å². The van der Waals surface area contributed by atoms with E-state index >= 15 is 0 Å². The number of para-hydroxylation sites is 1. The molecule has 1 saturated heterocycles. The number of nitrogens with zero attached hydrogens (tertiary/aromatic N) is 2.